The minimum Gasteiger partial charge on any atom is -0.302 e. The van der Waals surface area contributed by atoms with Gasteiger partial charge >= 0.3 is 0 Å². The summed E-state index contributed by atoms with van der Waals surface area (Å²) < 4.78 is 0. The van der Waals surface area contributed by atoms with Gasteiger partial charge < -0.3 is 4.90 Å². The van der Waals surface area contributed by atoms with Crippen molar-refractivity contribution >= 4 is 0 Å². The first-order valence-corrected chi connectivity index (χ1v) is 3.98. The number of likely N-dealkylation sites (tertiary alicyclic amines) is 1. The zero-order valence-corrected chi connectivity index (χ0v) is 7.26. The molecule has 1 fully saturated rings. The molecular weight excluding hydrogens is 140 g/mol. The highest BCUT2D eigenvalue weighted by Gasteiger charge is 2.08. The van der Waals surface area contributed by atoms with Crippen molar-refractivity contribution in [1.82, 2.24) is 10.4 Å². The number of hydroxylamine groups is 1. The molecule has 11 heavy (non-hydrogen) atoms. The van der Waals surface area contributed by atoms with Crippen LogP contribution in [0.15, 0.2) is 11.8 Å². The summed E-state index contributed by atoms with van der Waals surface area (Å²) in [7, 11) is 3.77. The summed E-state index contributed by atoms with van der Waals surface area (Å²) >= 11 is 0. The van der Waals surface area contributed by atoms with E-state index in [4.69, 9.17) is 4.84 Å². The molecule has 0 spiro atoms. The molecule has 0 aromatic rings. The Morgan fingerprint density at radius 1 is 1.64 bits per heavy atom. The van der Waals surface area contributed by atoms with Gasteiger partial charge in [-0.3, -0.25) is 10.3 Å². The summed E-state index contributed by atoms with van der Waals surface area (Å²) in [6.07, 6.45) is 4.41. The van der Waals surface area contributed by atoms with Gasteiger partial charge in [0.2, 0.25) is 0 Å². The average Bonchev–Trinajstić information content (AvgIpc) is 2.01. The first-order chi connectivity index (χ1) is 5.33. The van der Waals surface area contributed by atoms with Crippen LogP contribution in [-0.2, 0) is 4.84 Å². The molecule has 1 rings (SSSR count). The molecule has 3 nitrogen and oxygen atoms in total. The molecule has 0 saturated carbocycles. The molecule has 1 heterocycles. The van der Waals surface area contributed by atoms with Crippen LogP contribution >= 0.6 is 0 Å². The van der Waals surface area contributed by atoms with E-state index in [0.29, 0.717) is 0 Å². The molecule has 0 amide bonds. The summed E-state index contributed by atoms with van der Waals surface area (Å²) in [5.74, 6) is 0. The van der Waals surface area contributed by atoms with Crippen LogP contribution in [0.5, 0.6) is 0 Å². The van der Waals surface area contributed by atoms with Crippen molar-refractivity contribution in [2.75, 3.05) is 27.2 Å². The summed E-state index contributed by atoms with van der Waals surface area (Å²) in [4.78, 5) is 7.05. The topological polar surface area (TPSA) is 24.5 Å². The van der Waals surface area contributed by atoms with E-state index >= 15 is 0 Å². The summed E-state index contributed by atoms with van der Waals surface area (Å²) in [5, 5.41) is 0. The van der Waals surface area contributed by atoms with Gasteiger partial charge in [0.1, 0.15) is 0 Å². The highest BCUT2D eigenvalue weighted by atomic mass is 16.6. The second kappa shape index (κ2) is 4.36. The molecule has 1 saturated heterocycles. The molecule has 1 N–H and O–H groups in total. The van der Waals surface area contributed by atoms with Crippen LogP contribution in [0, 0.1) is 0 Å². The predicted octanol–water partition coefficient (Wildman–Crippen LogP) is 0.747. The monoisotopic (exact) mass is 156 g/mol. The second-order valence-corrected chi connectivity index (χ2v) is 2.97. The molecule has 1 aliphatic rings. The van der Waals surface area contributed by atoms with Crippen LogP contribution in [0.1, 0.15) is 12.8 Å². The molecular formula is C8H16N2O. The van der Waals surface area contributed by atoms with E-state index in [1.54, 1.807) is 7.11 Å². The normalized spacial score (nSPS) is 24.0. The highest BCUT2D eigenvalue weighted by Crippen LogP contribution is 2.12. The van der Waals surface area contributed by atoms with E-state index in [-0.39, 0.29) is 0 Å². The molecule has 1 aliphatic heterocycles. The molecule has 0 aliphatic carbocycles. The lowest BCUT2D eigenvalue weighted by Gasteiger charge is -2.24. The van der Waals surface area contributed by atoms with Gasteiger partial charge in [0.25, 0.3) is 0 Å². The largest absolute Gasteiger partial charge is 0.302 e. The number of piperidine rings is 1. The van der Waals surface area contributed by atoms with Crippen molar-refractivity contribution in [3.63, 3.8) is 0 Å². The van der Waals surface area contributed by atoms with Crippen LogP contribution in [0.2, 0.25) is 0 Å². The van der Waals surface area contributed by atoms with Crippen molar-refractivity contribution in [2.24, 2.45) is 0 Å². The van der Waals surface area contributed by atoms with E-state index in [9.17, 15) is 0 Å². The number of rotatable bonds is 2. The van der Waals surface area contributed by atoms with E-state index < -0.39 is 0 Å². The maximum atomic E-state index is 4.73. The van der Waals surface area contributed by atoms with Crippen molar-refractivity contribution in [3.05, 3.63) is 11.8 Å². The van der Waals surface area contributed by atoms with Crippen molar-refractivity contribution in [2.45, 2.75) is 12.8 Å². The van der Waals surface area contributed by atoms with Gasteiger partial charge in [-0.1, -0.05) is 0 Å². The number of hydrogen-bond donors (Lipinski definition) is 1. The zero-order chi connectivity index (χ0) is 8.10. The third kappa shape index (κ3) is 2.91. The fourth-order valence-corrected chi connectivity index (χ4v) is 1.34. The van der Waals surface area contributed by atoms with Crippen LogP contribution < -0.4 is 5.48 Å². The van der Waals surface area contributed by atoms with Crippen molar-refractivity contribution in [3.8, 4) is 0 Å². The van der Waals surface area contributed by atoms with Gasteiger partial charge in [0.05, 0.1) is 7.11 Å². The van der Waals surface area contributed by atoms with Crippen LogP contribution in [0.25, 0.3) is 0 Å². The Balaban J connectivity index is 2.32. The van der Waals surface area contributed by atoms with Crippen LogP contribution in [-0.4, -0.2) is 32.1 Å². The molecule has 0 unspecified atom stereocenters. The van der Waals surface area contributed by atoms with E-state index in [1.165, 1.54) is 25.0 Å². The fraction of sp³-hybridized carbons (Fsp3) is 0.750. The molecule has 3 heteroatoms. The molecule has 0 aromatic heterocycles. The van der Waals surface area contributed by atoms with Gasteiger partial charge in [-0.25, -0.2) is 0 Å². The van der Waals surface area contributed by atoms with Crippen LogP contribution in [0.4, 0.5) is 0 Å². The summed E-state index contributed by atoms with van der Waals surface area (Å²) in [6.45, 7) is 2.28. The Morgan fingerprint density at radius 3 is 3.09 bits per heavy atom. The molecule has 0 aromatic carbocycles. The minimum absolute atomic E-state index is 1.07. The Labute approximate surface area is 68.0 Å². The minimum atomic E-state index is 1.07. The number of hydrogen-bond acceptors (Lipinski definition) is 3. The predicted molar refractivity (Wildman–Crippen MR) is 45.0 cm³/mol. The number of nitrogens with one attached hydrogen (secondary N) is 1. The average molecular weight is 156 g/mol. The summed E-state index contributed by atoms with van der Waals surface area (Å²) in [6, 6.07) is 0. The lowest BCUT2D eigenvalue weighted by Crippen LogP contribution is -2.27. The molecule has 0 radical (unpaired) electrons. The Morgan fingerprint density at radius 2 is 2.45 bits per heavy atom. The smallest absolute Gasteiger partial charge is 0.0636 e. The van der Waals surface area contributed by atoms with Crippen molar-refractivity contribution < 1.29 is 4.84 Å². The summed E-state index contributed by atoms with van der Waals surface area (Å²) in [5.41, 5.74) is 4.17. The zero-order valence-electron chi connectivity index (χ0n) is 7.26. The lowest BCUT2D eigenvalue weighted by atomic mass is 10.1. The maximum absolute atomic E-state index is 4.73. The fourth-order valence-electron chi connectivity index (χ4n) is 1.34. The highest BCUT2D eigenvalue weighted by molar-refractivity contribution is 5.04. The quantitative estimate of drug-likeness (QED) is 0.597. The van der Waals surface area contributed by atoms with Gasteiger partial charge in [0.15, 0.2) is 0 Å². The SMILES string of the molecule is CONC=C1CCCN(C)C1. The maximum Gasteiger partial charge on any atom is 0.0636 e. The Bertz CT molecular complexity index is 145. The first-order valence-electron chi connectivity index (χ1n) is 3.98. The van der Waals surface area contributed by atoms with Gasteiger partial charge in [-0.2, -0.15) is 0 Å². The molecule has 64 valence electrons. The van der Waals surface area contributed by atoms with Gasteiger partial charge in [-0.15, -0.1) is 0 Å². The van der Waals surface area contributed by atoms with Crippen molar-refractivity contribution in [1.29, 1.82) is 0 Å². The number of nitrogens with zero attached hydrogens (tertiary/aromatic N) is 1. The van der Waals surface area contributed by atoms with Gasteiger partial charge in [-0.05, 0) is 32.0 Å². The third-order valence-corrected chi connectivity index (χ3v) is 1.89. The lowest BCUT2D eigenvalue weighted by molar-refractivity contribution is 0.126. The van der Waals surface area contributed by atoms with Gasteiger partial charge in [0, 0.05) is 12.7 Å². The molecule has 0 atom stereocenters. The standard InChI is InChI=1S/C8H16N2O/c1-10-5-3-4-8(7-10)6-9-11-2/h6,9H,3-5,7H2,1-2H3. The van der Waals surface area contributed by atoms with Crippen LogP contribution in [0.3, 0.4) is 0 Å². The second-order valence-electron chi connectivity index (χ2n) is 2.97. The Hall–Kier alpha value is -0.540. The Kier molecular flexibility index (Phi) is 3.39. The van der Waals surface area contributed by atoms with E-state index in [1.807, 2.05) is 6.20 Å². The van der Waals surface area contributed by atoms with E-state index in [2.05, 4.69) is 17.4 Å². The third-order valence-electron chi connectivity index (χ3n) is 1.89. The number of likely N-dealkylation sites (N-methyl/N-ethyl adjacent to an activating group) is 1. The first kappa shape index (κ1) is 8.56. The molecule has 0 bridgehead atoms. The van der Waals surface area contributed by atoms with E-state index in [0.717, 1.165) is 6.54 Å².